The molecular formula is C13H9F3N2O3. The van der Waals surface area contributed by atoms with E-state index in [4.69, 9.17) is 0 Å². The van der Waals surface area contributed by atoms with Gasteiger partial charge in [0.25, 0.3) is 5.69 Å². The molecule has 0 aliphatic carbocycles. The molecule has 1 unspecified atom stereocenters. The van der Waals surface area contributed by atoms with Gasteiger partial charge in [-0.3, -0.25) is 15.1 Å². The van der Waals surface area contributed by atoms with Crippen LogP contribution in [-0.4, -0.2) is 21.2 Å². The summed E-state index contributed by atoms with van der Waals surface area (Å²) in [5, 5.41) is 20.9. The molecule has 110 valence electrons. The van der Waals surface area contributed by atoms with E-state index in [0.717, 1.165) is 42.7 Å². The Hall–Kier alpha value is -2.48. The second-order valence-corrected chi connectivity index (χ2v) is 4.25. The van der Waals surface area contributed by atoms with E-state index in [9.17, 15) is 28.4 Å². The topological polar surface area (TPSA) is 76.3 Å². The molecule has 0 radical (unpaired) electrons. The maximum atomic E-state index is 13.4. The highest BCUT2D eigenvalue weighted by Gasteiger charge is 2.56. The van der Waals surface area contributed by atoms with Crippen LogP contribution in [0.25, 0.3) is 0 Å². The van der Waals surface area contributed by atoms with Gasteiger partial charge in [-0.1, -0.05) is 12.1 Å². The molecule has 0 fully saturated rings. The molecule has 5 nitrogen and oxygen atoms in total. The summed E-state index contributed by atoms with van der Waals surface area (Å²) >= 11 is 0. The Bertz CT molecular complexity index is 661. The van der Waals surface area contributed by atoms with Crippen molar-refractivity contribution in [2.45, 2.75) is 11.8 Å². The quantitative estimate of drug-likeness (QED) is 0.698. The molecule has 1 atom stereocenters. The lowest BCUT2D eigenvalue weighted by Crippen LogP contribution is -2.43. The van der Waals surface area contributed by atoms with Gasteiger partial charge in [-0.05, 0) is 12.1 Å². The number of nitrogens with zero attached hydrogens (tertiary/aromatic N) is 2. The van der Waals surface area contributed by atoms with Gasteiger partial charge >= 0.3 is 6.18 Å². The number of benzene rings is 1. The molecule has 2 rings (SSSR count). The van der Waals surface area contributed by atoms with E-state index >= 15 is 0 Å². The van der Waals surface area contributed by atoms with Crippen molar-refractivity contribution in [3.8, 4) is 0 Å². The largest absolute Gasteiger partial charge is 0.425 e. The minimum absolute atomic E-state index is 0.467. The highest BCUT2D eigenvalue weighted by molar-refractivity contribution is 5.43. The van der Waals surface area contributed by atoms with Crippen LogP contribution in [0.15, 0.2) is 48.8 Å². The number of hydrogen-bond acceptors (Lipinski definition) is 4. The minimum atomic E-state index is -5.05. The molecule has 0 saturated heterocycles. The van der Waals surface area contributed by atoms with Crippen molar-refractivity contribution in [1.82, 2.24) is 4.98 Å². The van der Waals surface area contributed by atoms with Crippen LogP contribution in [0.3, 0.4) is 0 Å². The van der Waals surface area contributed by atoms with Gasteiger partial charge in [0, 0.05) is 35.7 Å². The van der Waals surface area contributed by atoms with E-state index in [2.05, 4.69) is 4.98 Å². The van der Waals surface area contributed by atoms with Crippen molar-refractivity contribution in [2.24, 2.45) is 0 Å². The molecule has 1 aromatic heterocycles. The van der Waals surface area contributed by atoms with E-state index in [0.29, 0.717) is 6.07 Å². The molecular weight excluding hydrogens is 289 g/mol. The summed E-state index contributed by atoms with van der Waals surface area (Å²) in [5.41, 5.74) is -4.98. The SMILES string of the molecule is O=[N+]([O-])c1cccc(C(O)(c2ccncc2)C(F)(F)F)c1. The van der Waals surface area contributed by atoms with Gasteiger partial charge in [-0.15, -0.1) is 0 Å². The van der Waals surface area contributed by atoms with Crippen molar-refractivity contribution in [1.29, 1.82) is 0 Å². The molecule has 1 heterocycles. The molecule has 0 aliphatic rings. The number of alkyl halides is 3. The third-order valence-corrected chi connectivity index (χ3v) is 2.98. The lowest BCUT2D eigenvalue weighted by molar-refractivity contribution is -0.385. The zero-order chi connectivity index (χ0) is 15.7. The van der Waals surface area contributed by atoms with Crippen molar-refractivity contribution in [3.63, 3.8) is 0 Å². The van der Waals surface area contributed by atoms with Crippen molar-refractivity contribution in [2.75, 3.05) is 0 Å². The van der Waals surface area contributed by atoms with Crippen LogP contribution in [0.1, 0.15) is 11.1 Å². The molecule has 0 bridgehead atoms. The maximum absolute atomic E-state index is 13.4. The van der Waals surface area contributed by atoms with Gasteiger partial charge in [0.15, 0.2) is 0 Å². The van der Waals surface area contributed by atoms with E-state index in [1.807, 2.05) is 0 Å². The fourth-order valence-electron chi connectivity index (χ4n) is 1.93. The van der Waals surface area contributed by atoms with Crippen molar-refractivity contribution in [3.05, 3.63) is 70.0 Å². The zero-order valence-corrected chi connectivity index (χ0v) is 10.4. The number of pyridine rings is 1. The van der Waals surface area contributed by atoms with Crippen LogP contribution >= 0.6 is 0 Å². The smallest absolute Gasteiger partial charge is 0.372 e. The number of nitro groups is 1. The maximum Gasteiger partial charge on any atom is 0.425 e. The van der Waals surface area contributed by atoms with Gasteiger partial charge in [0.2, 0.25) is 5.60 Å². The highest BCUT2D eigenvalue weighted by Crippen LogP contribution is 2.44. The van der Waals surface area contributed by atoms with Crippen LogP contribution in [0.5, 0.6) is 0 Å². The predicted octanol–water partition coefficient (Wildman–Crippen LogP) is 2.79. The molecule has 21 heavy (non-hydrogen) atoms. The Labute approximate surface area is 116 Å². The molecule has 0 saturated carbocycles. The Morgan fingerprint density at radius 1 is 1.10 bits per heavy atom. The number of non-ortho nitro benzene ring substituents is 1. The summed E-state index contributed by atoms with van der Waals surface area (Å²) in [6, 6.07) is 5.84. The monoisotopic (exact) mass is 298 g/mol. The fourth-order valence-corrected chi connectivity index (χ4v) is 1.93. The summed E-state index contributed by atoms with van der Waals surface area (Å²) < 4.78 is 40.1. The first-order chi connectivity index (χ1) is 9.76. The van der Waals surface area contributed by atoms with Crippen LogP contribution in [0, 0.1) is 10.1 Å². The number of nitro benzene ring substituents is 1. The molecule has 8 heteroatoms. The van der Waals surface area contributed by atoms with Gasteiger partial charge in [-0.2, -0.15) is 13.2 Å². The first-order valence-corrected chi connectivity index (χ1v) is 5.71. The normalized spacial score (nSPS) is 14.5. The van der Waals surface area contributed by atoms with E-state index in [1.165, 1.54) is 0 Å². The van der Waals surface area contributed by atoms with E-state index in [1.54, 1.807) is 0 Å². The lowest BCUT2D eigenvalue weighted by Gasteiger charge is -2.31. The second kappa shape index (κ2) is 5.13. The van der Waals surface area contributed by atoms with Crippen LogP contribution < -0.4 is 0 Å². The number of aromatic nitrogens is 1. The Kier molecular flexibility index (Phi) is 3.65. The third-order valence-electron chi connectivity index (χ3n) is 2.98. The standard InChI is InChI=1S/C13H9F3N2O3/c14-13(15,16)12(19,9-4-6-17-7-5-9)10-2-1-3-11(8-10)18(20)21/h1-8,19H. The van der Waals surface area contributed by atoms with Gasteiger partial charge < -0.3 is 5.11 Å². The number of halogens is 3. The van der Waals surface area contributed by atoms with Crippen LogP contribution in [-0.2, 0) is 5.60 Å². The van der Waals surface area contributed by atoms with Crippen molar-refractivity contribution >= 4 is 5.69 Å². The third kappa shape index (κ3) is 2.57. The molecule has 0 spiro atoms. The molecule has 0 amide bonds. The summed E-state index contributed by atoms with van der Waals surface area (Å²) in [7, 11) is 0. The first kappa shape index (κ1) is 14.9. The highest BCUT2D eigenvalue weighted by atomic mass is 19.4. The van der Waals surface area contributed by atoms with Crippen molar-refractivity contribution < 1.29 is 23.2 Å². The zero-order valence-electron chi connectivity index (χ0n) is 10.4. The molecule has 0 aliphatic heterocycles. The first-order valence-electron chi connectivity index (χ1n) is 5.71. The minimum Gasteiger partial charge on any atom is -0.372 e. The number of rotatable bonds is 3. The predicted molar refractivity (Wildman–Crippen MR) is 66.4 cm³/mol. The number of aliphatic hydroxyl groups is 1. The van der Waals surface area contributed by atoms with Crippen LogP contribution in [0.4, 0.5) is 18.9 Å². The molecule has 1 aromatic carbocycles. The fraction of sp³-hybridized carbons (Fsp3) is 0.154. The summed E-state index contributed by atoms with van der Waals surface area (Å²) in [6.07, 6.45) is -2.85. The van der Waals surface area contributed by atoms with E-state index < -0.39 is 33.5 Å². The average Bonchev–Trinajstić information content (AvgIpc) is 2.46. The Morgan fingerprint density at radius 3 is 2.24 bits per heavy atom. The summed E-state index contributed by atoms with van der Waals surface area (Å²) in [4.78, 5) is 13.5. The summed E-state index contributed by atoms with van der Waals surface area (Å²) in [5.74, 6) is 0. The average molecular weight is 298 g/mol. The Morgan fingerprint density at radius 2 is 1.71 bits per heavy atom. The second-order valence-electron chi connectivity index (χ2n) is 4.25. The van der Waals surface area contributed by atoms with E-state index in [-0.39, 0.29) is 0 Å². The molecule has 1 N–H and O–H groups in total. The summed E-state index contributed by atoms with van der Waals surface area (Å²) in [6.45, 7) is 0. The van der Waals surface area contributed by atoms with Gasteiger partial charge in [-0.25, -0.2) is 0 Å². The van der Waals surface area contributed by atoms with Gasteiger partial charge in [0.05, 0.1) is 4.92 Å². The Balaban J connectivity index is 2.68. The van der Waals surface area contributed by atoms with Gasteiger partial charge in [0.1, 0.15) is 0 Å². The van der Waals surface area contributed by atoms with Crippen LogP contribution in [0.2, 0.25) is 0 Å². The molecule has 2 aromatic rings. The lowest BCUT2D eigenvalue weighted by atomic mass is 9.86. The number of hydrogen-bond donors (Lipinski definition) is 1.